The van der Waals surface area contributed by atoms with Gasteiger partial charge in [0.2, 0.25) is 10.9 Å². The van der Waals surface area contributed by atoms with Gasteiger partial charge >= 0.3 is 0 Å². The maximum Gasteiger partial charge on any atom is 0.297 e. The second-order valence-corrected chi connectivity index (χ2v) is 11.0. The van der Waals surface area contributed by atoms with Crippen LogP contribution < -0.4 is 10.3 Å². The van der Waals surface area contributed by atoms with Crippen molar-refractivity contribution in [3.63, 3.8) is 0 Å². The fraction of sp³-hybridized carbons (Fsp3) is 0.143. The van der Waals surface area contributed by atoms with Crippen LogP contribution >= 0.6 is 23.1 Å². The maximum absolute atomic E-state index is 13.8. The Hall–Kier alpha value is -3.82. The van der Waals surface area contributed by atoms with Gasteiger partial charge in [0.15, 0.2) is 9.77 Å². The highest BCUT2D eigenvalue weighted by Gasteiger charge is 2.45. The molecule has 9 heteroatoms. The molecule has 0 spiro atoms. The number of hydrogen-bond donors (Lipinski definition) is 0. The summed E-state index contributed by atoms with van der Waals surface area (Å²) in [6.45, 7) is 3.85. The first-order chi connectivity index (χ1) is 17.9. The van der Waals surface area contributed by atoms with Crippen LogP contribution in [0.25, 0.3) is 11.0 Å². The number of carbonyl (C=O) groups is 1. The quantitative estimate of drug-likeness (QED) is 0.193. The molecule has 0 saturated carbocycles. The van der Waals surface area contributed by atoms with Crippen LogP contribution in [0.2, 0.25) is 0 Å². The molecule has 1 atom stereocenters. The van der Waals surface area contributed by atoms with E-state index in [1.165, 1.54) is 40.1 Å². The Labute approximate surface area is 219 Å². The summed E-state index contributed by atoms with van der Waals surface area (Å²) >= 11 is 2.79. The summed E-state index contributed by atoms with van der Waals surface area (Å²) in [6, 6.07) is 18.5. The van der Waals surface area contributed by atoms with Gasteiger partial charge in [-0.15, -0.1) is 10.2 Å². The zero-order valence-electron chi connectivity index (χ0n) is 19.9. The Morgan fingerprint density at radius 1 is 1.00 bits per heavy atom. The molecule has 184 valence electrons. The average Bonchev–Trinajstić information content (AvgIpc) is 3.48. The molecule has 5 aromatic rings. The first kappa shape index (κ1) is 23.6. The highest BCUT2D eigenvalue weighted by Crippen LogP contribution is 2.43. The van der Waals surface area contributed by atoms with Crippen LogP contribution in [-0.2, 0) is 5.75 Å². The third-order valence-electron chi connectivity index (χ3n) is 6.48. The number of benzene rings is 3. The summed E-state index contributed by atoms with van der Waals surface area (Å²) in [4.78, 5) is 28.9. The third-order valence-corrected chi connectivity index (χ3v) is 8.61. The Bertz CT molecular complexity index is 1720. The van der Waals surface area contributed by atoms with Crippen molar-refractivity contribution in [1.82, 2.24) is 10.2 Å². The molecule has 1 unspecified atom stereocenters. The fourth-order valence-corrected chi connectivity index (χ4v) is 6.29. The normalized spacial score (nSPS) is 14.9. The molecule has 1 amide bonds. The molecule has 0 bridgehead atoms. The molecule has 6 rings (SSSR count). The molecule has 0 aliphatic carbocycles. The number of halogens is 1. The van der Waals surface area contributed by atoms with Crippen molar-refractivity contribution in [1.29, 1.82) is 0 Å². The van der Waals surface area contributed by atoms with Crippen LogP contribution in [0, 0.1) is 19.7 Å². The van der Waals surface area contributed by atoms with Crippen LogP contribution in [0.5, 0.6) is 0 Å². The summed E-state index contributed by atoms with van der Waals surface area (Å²) in [5, 5.41) is 9.33. The molecule has 3 heterocycles. The second kappa shape index (κ2) is 9.24. The summed E-state index contributed by atoms with van der Waals surface area (Å²) in [7, 11) is 0. The van der Waals surface area contributed by atoms with Crippen molar-refractivity contribution in [2.24, 2.45) is 0 Å². The number of aromatic nitrogens is 2. The van der Waals surface area contributed by atoms with E-state index in [1.807, 2.05) is 44.2 Å². The smallest absolute Gasteiger partial charge is 0.297 e. The lowest BCUT2D eigenvalue weighted by molar-refractivity contribution is 0.0970. The number of hydrogen-bond acceptors (Lipinski definition) is 7. The van der Waals surface area contributed by atoms with E-state index in [4.69, 9.17) is 4.42 Å². The number of carbonyl (C=O) groups excluding carboxylic acids is 1. The molecule has 2 aromatic heterocycles. The van der Waals surface area contributed by atoms with Gasteiger partial charge in [0.1, 0.15) is 11.4 Å². The number of thioether (sulfide) groups is 1. The topological polar surface area (TPSA) is 76.3 Å². The largest absolute Gasteiger partial charge is 0.450 e. The van der Waals surface area contributed by atoms with Gasteiger partial charge < -0.3 is 4.42 Å². The average molecular weight is 530 g/mol. The molecule has 1 aliphatic heterocycles. The van der Waals surface area contributed by atoms with Crippen LogP contribution in [0.4, 0.5) is 9.52 Å². The van der Waals surface area contributed by atoms with E-state index < -0.39 is 17.8 Å². The number of aryl methyl sites for hydroxylation is 2. The number of nitrogens with zero attached hydrogens (tertiary/aromatic N) is 3. The number of anilines is 1. The lowest BCUT2D eigenvalue weighted by Gasteiger charge is -2.22. The number of rotatable bonds is 5. The third kappa shape index (κ3) is 4.14. The zero-order valence-corrected chi connectivity index (χ0v) is 21.5. The van der Waals surface area contributed by atoms with Gasteiger partial charge in [0.05, 0.1) is 17.0 Å². The molecule has 6 nitrogen and oxygen atoms in total. The summed E-state index contributed by atoms with van der Waals surface area (Å²) < 4.78 is 20.5. The Kier molecular flexibility index (Phi) is 5.89. The second-order valence-electron chi connectivity index (χ2n) is 8.86. The molecule has 0 N–H and O–H groups in total. The SMILES string of the molecule is Cc1cc2oc3c(c(=O)c2cc1C)C(c1ccc(F)cc1)N(c1nnc(SCc2ccccc2)s1)C3=O. The lowest BCUT2D eigenvalue weighted by Crippen LogP contribution is -2.29. The Morgan fingerprint density at radius 2 is 1.73 bits per heavy atom. The minimum atomic E-state index is -0.815. The van der Waals surface area contributed by atoms with Gasteiger partial charge in [-0.3, -0.25) is 14.5 Å². The van der Waals surface area contributed by atoms with Crippen LogP contribution in [-0.4, -0.2) is 16.1 Å². The number of fused-ring (bicyclic) bond motifs is 2. The van der Waals surface area contributed by atoms with Crippen molar-refractivity contribution in [2.75, 3.05) is 4.90 Å². The fourth-order valence-electron chi connectivity index (χ4n) is 4.46. The van der Waals surface area contributed by atoms with E-state index >= 15 is 0 Å². The molecule has 1 aliphatic rings. The van der Waals surface area contributed by atoms with Crippen LogP contribution in [0.15, 0.2) is 80.3 Å². The van der Waals surface area contributed by atoms with E-state index in [0.29, 0.717) is 31.8 Å². The van der Waals surface area contributed by atoms with E-state index in [0.717, 1.165) is 16.7 Å². The highest BCUT2D eigenvalue weighted by molar-refractivity contribution is 8.00. The standard InChI is InChI=1S/C28H20FN3O3S2/c1-15-12-20-21(13-16(15)2)35-25-22(24(20)33)23(18-8-10-19(29)11-9-18)32(26(25)34)27-30-31-28(37-27)36-14-17-6-4-3-5-7-17/h3-13,23H,14H2,1-2H3. The summed E-state index contributed by atoms with van der Waals surface area (Å²) in [6.07, 6.45) is 0. The first-order valence-electron chi connectivity index (χ1n) is 11.6. The van der Waals surface area contributed by atoms with E-state index in [2.05, 4.69) is 10.2 Å². The van der Waals surface area contributed by atoms with Crippen LogP contribution in [0.3, 0.4) is 0 Å². The molecule has 0 fully saturated rings. The lowest BCUT2D eigenvalue weighted by atomic mass is 9.97. The van der Waals surface area contributed by atoms with Crippen molar-refractivity contribution >= 4 is 45.1 Å². The minimum absolute atomic E-state index is 0.0243. The molecule has 37 heavy (non-hydrogen) atoms. The molecule has 0 radical (unpaired) electrons. The van der Waals surface area contributed by atoms with Gasteiger partial charge in [-0.25, -0.2) is 4.39 Å². The van der Waals surface area contributed by atoms with Gasteiger partial charge in [-0.1, -0.05) is 65.6 Å². The van der Waals surface area contributed by atoms with Crippen molar-refractivity contribution in [3.8, 4) is 0 Å². The predicted molar refractivity (Wildman–Crippen MR) is 143 cm³/mol. The van der Waals surface area contributed by atoms with Crippen molar-refractivity contribution < 1.29 is 13.6 Å². The monoisotopic (exact) mass is 529 g/mol. The minimum Gasteiger partial charge on any atom is -0.450 e. The molecular weight excluding hydrogens is 509 g/mol. The van der Waals surface area contributed by atoms with E-state index in [9.17, 15) is 14.0 Å². The van der Waals surface area contributed by atoms with E-state index in [-0.39, 0.29) is 16.8 Å². The van der Waals surface area contributed by atoms with Crippen molar-refractivity contribution in [3.05, 3.63) is 116 Å². The maximum atomic E-state index is 13.8. The number of amides is 1. The molecular formula is C28H20FN3O3S2. The van der Waals surface area contributed by atoms with Gasteiger partial charge in [-0.05, 0) is 60.4 Å². The highest BCUT2D eigenvalue weighted by atomic mass is 32.2. The molecule has 0 saturated heterocycles. The Balaban J connectivity index is 1.46. The summed E-state index contributed by atoms with van der Waals surface area (Å²) in [5.41, 5.74) is 3.92. The van der Waals surface area contributed by atoms with Gasteiger partial charge in [-0.2, -0.15) is 0 Å². The van der Waals surface area contributed by atoms with Crippen molar-refractivity contribution in [2.45, 2.75) is 30.0 Å². The predicted octanol–water partition coefficient (Wildman–Crippen LogP) is 6.44. The first-order valence-corrected chi connectivity index (χ1v) is 13.4. The summed E-state index contributed by atoms with van der Waals surface area (Å²) in [5.74, 6) is -0.206. The van der Waals surface area contributed by atoms with Gasteiger partial charge in [0.25, 0.3) is 5.91 Å². The van der Waals surface area contributed by atoms with Crippen LogP contribution in [0.1, 0.15) is 44.4 Å². The zero-order chi connectivity index (χ0) is 25.7. The molecule has 3 aromatic carbocycles. The Morgan fingerprint density at radius 3 is 2.49 bits per heavy atom. The van der Waals surface area contributed by atoms with Gasteiger partial charge in [0, 0.05) is 5.75 Å². The van der Waals surface area contributed by atoms with E-state index in [1.54, 1.807) is 24.3 Å².